The lowest BCUT2D eigenvalue weighted by Gasteiger charge is -2.35. The Hall–Kier alpha value is -2.84. The highest BCUT2D eigenvalue weighted by atomic mass is 35.5. The molecule has 2 aliphatic rings. The SMILES string of the molecule is CCOC(=O)c1c(Cl)cccc1N1CCC(CNC(=O)C2(NNc3cccnc3)CC2)CC1. The van der Waals surface area contributed by atoms with Gasteiger partial charge in [-0.1, -0.05) is 17.7 Å². The number of piperidine rings is 1. The van der Waals surface area contributed by atoms with Crippen LogP contribution in [0.4, 0.5) is 11.4 Å². The standard InChI is InChI=1S/C24H30ClN5O3/c1-2-33-22(31)21-19(25)6-3-7-20(21)30-13-8-17(9-14-30)15-27-23(32)24(10-11-24)29-28-18-5-4-12-26-16-18/h3-7,12,16-17,28-29H,2,8-11,13-15H2,1H3,(H,27,32). The molecule has 3 N–H and O–H groups in total. The Bertz CT molecular complexity index is 975. The zero-order valence-electron chi connectivity index (χ0n) is 18.8. The van der Waals surface area contributed by atoms with Crippen LogP contribution < -0.4 is 21.1 Å². The average Bonchev–Trinajstić information content (AvgIpc) is 3.63. The zero-order chi connectivity index (χ0) is 23.3. The van der Waals surface area contributed by atoms with Crippen LogP contribution in [-0.4, -0.2) is 48.6 Å². The summed E-state index contributed by atoms with van der Waals surface area (Å²) in [7, 11) is 0. The normalized spacial score (nSPS) is 17.3. The molecule has 0 atom stereocenters. The third kappa shape index (κ3) is 5.57. The number of hydrogen-bond acceptors (Lipinski definition) is 7. The van der Waals surface area contributed by atoms with E-state index in [4.69, 9.17) is 16.3 Å². The molecule has 1 amide bonds. The van der Waals surface area contributed by atoms with E-state index in [2.05, 4.69) is 26.1 Å². The molecule has 1 aliphatic heterocycles. The van der Waals surface area contributed by atoms with Crippen LogP contribution in [-0.2, 0) is 9.53 Å². The Kier molecular flexibility index (Phi) is 7.35. The first kappa shape index (κ1) is 23.3. The van der Waals surface area contributed by atoms with Gasteiger partial charge in [-0.05, 0) is 62.8 Å². The van der Waals surface area contributed by atoms with E-state index in [1.54, 1.807) is 25.4 Å². The number of esters is 1. The summed E-state index contributed by atoms with van der Waals surface area (Å²) in [5.41, 5.74) is 7.77. The van der Waals surface area contributed by atoms with Crippen molar-refractivity contribution in [3.8, 4) is 0 Å². The molecule has 2 aromatic rings. The maximum Gasteiger partial charge on any atom is 0.341 e. The molecule has 9 heteroatoms. The van der Waals surface area contributed by atoms with Crippen molar-refractivity contribution in [1.29, 1.82) is 0 Å². The second-order valence-corrected chi connectivity index (χ2v) is 8.98. The fraction of sp³-hybridized carbons (Fsp3) is 0.458. The minimum Gasteiger partial charge on any atom is -0.462 e. The quantitative estimate of drug-likeness (QED) is 0.381. The number of nitrogens with zero attached hydrogens (tertiary/aromatic N) is 2. The van der Waals surface area contributed by atoms with Crippen molar-refractivity contribution in [3.05, 3.63) is 53.3 Å². The second kappa shape index (κ2) is 10.4. The molecular weight excluding hydrogens is 442 g/mol. The summed E-state index contributed by atoms with van der Waals surface area (Å²) < 4.78 is 5.20. The number of halogens is 1. The summed E-state index contributed by atoms with van der Waals surface area (Å²) in [6.45, 7) is 4.31. The highest BCUT2D eigenvalue weighted by Crippen LogP contribution is 2.36. The van der Waals surface area contributed by atoms with Crippen LogP contribution in [0.2, 0.25) is 5.02 Å². The van der Waals surface area contributed by atoms with E-state index in [0.29, 0.717) is 29.7 Å². The lowest BCUT2D eigenvalue weighted by molar-refractivity contribution is -0.124. The van der Waals surface area contributed by atoms with Gasteiger partial charge < -0.3 is 20.4 Å². The number of carbonyl (C=O) groups excluding carboxylic acids is 2. The van der Waals surface area contributed by atoms with Gasteiger partial charge in [-0.15, -0.1) is 0 Å². The maximum atomic E-state index is 12.8. The van der Waals surface area contributed by atoms with Gasteiger partial charge in [0.15, 0.2) is 0 Å². The summed E-state index contributed by atoms with van der Waals surface area (Å²) in [6.07, 6.45) is 6.86. The molecule has 1 saturated carbocycles. The largest absolute Gasteiger partial charge is 0.462 e. The van der Waals surface area contributed by atoms with Crippen LogP contribution in [0.3, 0.4) is 0 Å². The number of hydrogen-bond donors (Lipinski definition) is 3. The Labute approximate surface area is 199 Å². The number of ether oxygens (including phenoxy) is 1. The van der Waals surface area contributed by atoms with E-state index in [-0.39, 0.29) is 5.91 Å². The second-order valence-electron chi connectivity index (χ2n) is 8.57. The van der Waals surface area contributed by atoms with Gasteiger partial charge in [0.25, 0.3) is 0 Å². The van der Waals surface area contributed by atoms with Crippen molar-refractivity contribution >= 4 is 34.9 Å². The summed E-state index contributed by atoms with van der Waals surface area (Å²) in [5.74, 6) is 0.0212. The number of amides is 1. The van der Waals surface area contributed by atoms with Gasteiger partial charge in [0, 0.05) is 25.8 Å². The fourth-order valence-electron chi connectivity index (χ4n) is 4.13. The van der Waals surface area contributed by atoms with E-state index in [0.717, 1.165) is 50.1 Å². The van der Waals surface area contributed by atoms with E-state index in [9.17, 15) is 9.59 Å². The van der Waals surface area contributed by atoms with Gasteiger partial charge in [0.2, 0.25) is 5.91 Å². The van der Waals surface area contributed by atoms with Crippen molar-refractivity contribution in [1.82, 2.24) is 15.7 Å². The smallest absolute Gasteiger partial charge is 0.341 e. The Morgan fingerprint density at radius 2 is 2.00 bits per heavy atom. The van der Waals surface area contributed by atoms with E-state index in [1.807, 2.05) is 24.3 Å². The molecule has 1 aromatic carbocycles. The number of aromatic nitrogens is 1. The summed E-state index contributed by atoms with van der Waals surface area (Å²) in [6, 6.07) is 9.22. The van der Waals surface area contributed by atoms with Gasteiger partial charge in [0.05, 0.1) is 29.2 Å². The van der Waals surface area contributed by atoms with Gasteiger partial charge in [-0.3, -0.25) is 9.78 Å². The molecule has 0 unspecified atom stereocenters. The van der Waals surface area contributed by atoms with Crippen LogP contribution >= 0.6 is 11.6 Å². The van der Waals surface area contributed by atoms with Crippen molar-refractivity contribution in [2.75, 3.05) is 36.6 Å². The van der Waals surface area contributed by atoms with Crippen LogP contribution in [0.15, 0.2) is 42.7 Å². The van der Waals surface area contributed by atoms with E-state index >= 15 is 0 Å². The van der Waals surface area contributed by atoms with Crippen LogP contribution in [0.1, 0.15) is 43.0 Å². The average molecular weight is 472 g/mol. The highest BCUT2D eigenvalue weighted by Gasteiger charge is 2.50. The molecule has 0 radical (unpaired) electrons. The third-order valence-electron chi connectivity index (χ3n) is 6.27. The molecule has 2 fully saturated rings. The minimum atomic E-state index is -0.550. The van der Waals surface area contributed by atoms with Crippen molar-refractivity contribution in [2.45, 2.75) is 38.1 Å². The molecule has 33 heavy (non-hydrogen) atoms. The first-order chi connectivity index (χ1) is 16.0. The fourth-order valence-corrected chi connectivity index (χ4v) is 4.37. The number of rotatable bonds is 9. The molecule has 0 bridgehead atoms. The number of nitrogens with one attached hydrogen (secondary N) is 3. The molecular formula is C24H30ClN5O3. The van der Waals surface area contributed by atoms with Crippen molar-refractivity contribution in [3.63, 3.8) is 0 Å². The van der Waals surface area contributed by atoms with Crippen molar-refractivity contribution < 1.29 is 14.3 Å². The molecule has 4 rings (SSSR count). The Morgan fingerprint density at radius 1 is 1.21 bits per heavy atom. The number of carbonyl (C=O) groups is 2. The predicted molar refractivity (Wildman–Crippen MR) is 128 cm³/mol. The summed E-state index contributed by atoms with van der Waals surface area (Å²) in [5, 5.41) is 3.54. The van der Waals surface area contributed by atoms with E-state index in [1.165, 1.54) is 0 Å². The first-order valence-electron chi connectivity index (χ1n) is 11.4. The van der Waals surface area contributed by atoms with Crippen LogP contribution in [0.25, 0.3) is 0 Å². The summed E-state index contributed by atoms with van der Waals surface area (Å²) >= 11 is 6.32. The summed E-state index contributed by atoms with van der Waals surface area (Å²) in [4.78, 5) is 31.5. The third-order valence-corrected chi connectivity index (χ3v) is 6.58. The zero-order valence-corrected chi connectivity index (χ0v) is 19.5. The molecule has 2 heterocycles. The van der Waals surface area contributed by atoms with Crippen LogP contribution in [0, 0.1) is 5.92 Å². The van der Waals surface area contributed by atoms with Gasteiger partial charge in [0.1, 0.15) is 11.1 Å². The molecule has 1 aromatic heterocycles. The number of anilines is 2. The first-order valence-corrected chi connectivity index (χ1v) is 11.8. The lowest BCUT2D eigenvalue weighted by atomic mass is 9.95. The van der Waals surface area contributed by atoms with Gasteiger partial charge >= 0.3 is 5.97 Å². The number of pyridine rings is 1. The lowest BCUT2D eigenvalue weighted by Crippen LogP contribution is -2.50. The van der Waals surface area contributed by atoms with Crippen LogP contribution in [0.5, 0.6) is 0 Å². The number of benzene rings is 1. The maximum absolute atomic E-state index is 12.8. The molecule has 1 saturated heterocycles. The van der Waals surface area contributed by atoms with Crippen molar-refractivity contribution in [2.24, 2.45) is 5.92 Å². The monoisotopic (exact) mass is 471 g/mol. The molecule has 176 valence electrons. The van der Waals surface area contributed by atoms with Gasteiger partial charge in [-0.2, -0.15) is 0 Å². The van der Waals surface area contributed by atoms with Gasteiger partial charge in [-0.25, -0.2) is 10.2 Å². The van der Waals surface area contributed by atoms with E-state index < -0.39 is 11.5 Å². The Balaban J connectivity index is 1.27. The molecule has 0 spiro atoms. The minimum absolute atomic E-state index is 0.0285. The topological polar surface area (TPSA) is 95.6 Å². The predicted octanol–water partition coefficient (Wildman–Crippen LogP) is 3.39. The molecule has 8 nitrogen and oxygen atoms in total. The number of hydrazine groups is 1. The Morgan fingerprint density at radius 3 is 2.67 bits per heavy atom. The molecule has 1 aliphatic carbocycles. The highest BCUT2D eigenvalue weighted by molar-refractivity contribution is 6.34.